The van der Waals surface area contributed by atoms with E-state index in [-0.39, 0.29) is 17.8 Å². The van der Waals surface area contributed by atoms with Crippen LogP contribution >= 0.6 is 0 Å². The highest BCUT2D eigenvalue weighted by molar-refractivity contribution is 5.77. The van der Waals surface area contributed by atoms with Gasteiger partial charge in [-0.2, -0.15) is 18.3 Å². The Morgan fingerprint density at radius 1 is 1.38 bits per heavy atom. The summed E-state index contributed by atoms with van der Waals surface area (Å²) >= 11 is 0. The van der Waals surface area contributed by atoms with Crippen LogP contribution in [-0.2, 0) is 19.8 Å². The minimum atomic E-state index is -4.52. The van der Waals surface area contributed by atoms with Gasteiger partial charge in [0, 0.05) is 43.7 Å². The van der Waals surface area contributed by atoms with Crippen molar-refractivity contribution in [3.63, 3.8) is 0 Å². The zero-order valence-electron chi connectivity index (χ0n) is 11.6. The van der Waals surface area contributed by atoms with Gasteiger partial charge < -0.3 is 4.90 Å². The second-order valence-corrected chi connectivity index (χ2v) is 4.77. The van der Waals surface area contributed by atoms with E-state index in [0.717, 1.165) is 11.6 Å². The quantitative estimate of drug-likeness (QED) is 0.814. The van der Waals surface area contributed by atoms with Gasteiger partial charge in [0.25, 0.3) is 0 Å². The highest BCUT2D eigenvalue weighted by atomic mass is 19.4. The summed E-state index contributed by atoms with van der Waals surface area (Å²) in [6, 6.07) is 3.54. The number of aryl methyl sites for hydroxylation is 1. The van der Waals surface area contributed by atoms with E-state index in [1.807, 2.05) is 0 Å². The number of aromatic nitrogens is 2. The molecule has 0 aliphatic carbocycles. The Labute approximate surface area is 119 Å². The average molecular weight is 297 g/mol. The van der Waals surface area contributed by atoms with Crippen molar-refractivity contribution in [2.75, 3.05) is 11.9 Å². The van der Waals surface area contributed by atoms with Gasteiger partial charge in [-0.15, -0.1) is 0 Å². The third kappa shape index (κ3) is 3.42. The zero-order valence-corrected chi connectivity index (χ0v) is 11.6. The molecule has 1 aromatic carbocycles. The summed E-state index contributed by atoms with van der Waals surface area (Å²) in [5, 5.41) is 3.98. The lowest BCUT2D eigenvalue weighted by atomic mass is 10.1. The lowest BCUT2D eigenvalue weighted by Crippen LogP contribution is -2.21. The van der Waals surface area contributed by atoms with Gasteiger partial charge in [-0.1, -0.05) is 0 Å². The minimum absolute atomic E-state index is 0.000790. The van der Waals surface area contributed by atoms with Crippen molar-refractivity contribution in [3.05, 3.63) is 47.3 Å². The summed E-state index contributed by atoms with van der Waals surface area (Å²) in [5.41, 5.74) is 0.00360. The van der Waals surface area contributed by atoms with E-state index in [1.165, 1.54) is 17.0 Å². The van der Waals surface area contributed by atoms with Crippen LogP contribution in [0.2, 0.25) is 0 Å². The Hall–Kier alpha value is -2.31. The normalized spacial score (nSPS) is 11.5. The first-order valence-electron chi connectivity index (χ1n) is 6.16. The maximum Gasteiger partial charge on any atom is 0.418 e. The molecule has 7 heteroatoms. The SMILES string of the molecule is CN(Cc1cnn(C)c1)c1ccc(C=O)cc1C(F)(F)F. The maximum absolute atomic E-state index is 13.1. The van der Waals surface area contributed by atoms with Gasteiger partial charge in [0.2, 0.25) is 0 Å². The first kappa shape index (κ1) is 15.1. The van der Waals surface area contributed by atoms with E-state index in [4.69, 9.17) is 0 Å². The van der Waals surface area contributed by atoms with E-state index in [0.29, 0.717) is 6.29 Å². The smallest absolute Gasteiger partial charge is 0.370 e. The molecule has 0 fully saturated rings. The van der Waals surface area contributed by atoms with Gasteiger partial charge in [0.05, 0.1) is 11.8 Å². The molecule has 0 amide bonds. The summed E-state index contributed by atoms with van der Waals surface area (Å²) in [7, 11) is 3.31. The average Bonchev–Trinajstić information content (AvgIpc) is 2.82. The van der Waals surface area contributed by atoms with Crippen molar-refractivity contribution in [1.29, 1.82) is 0 Å². The van der Waals surface area contributed by atoms with Crippen molar-refractivity contribution in [3.8, 4) is 0 Å². The molecule has 0 saturated carbocycles. The molecule has 0 aliphatic rings. The van der Waals surface area contributed by atoms with Crippen LogP contribution < -0.4 is 4.90 Å². The van der Waals surface area contributed by atoms with Gasteiger partial charge >= 0.3 is 6.18 Å². The van der Waals surface area contributed by atoms with Crippen molar-refractivity contribution in [2.45, 2.75) is 12.7 Å². The fraction of sp³-hybridized carbons (Fsp3) is 0.286. The number of alkyl halides is 3. The Bertz CT molecular complexity index is 649. The number of aldehydes is 1. The van der Waals surface area contributed by atoms with Gasteiger partial charge in [-0.25, -0.2) is 0 Å². The van der Waals surface area contributed by atoms with Crippen LogP contribution in [0.3, 0.4) is 0 Å². The number of hydrogen-bond donors (Lipinski definition) is 0. The Balaban J connectivity index is 2.35. The highest BCUT2D eigenvalue weighted by Crippen LogP contribution is 2.37. The molecule has 4 nitrogen and oxygen atoms in total. The van der Waals surface area contributed by atoms with Gasteiger partial charge in [0.1, 0.15) is 6.29 Å². The molecule has 2 aromatic rings. The number of carbonyl (C=O) groups is 1. The third-order valence-electron chi connectivity index (χ3n) is 3.05. The standard InChI is InChI=1S/C14H14F3N3O/c1-19(7-11-6-18-20(2)8-11)13-4-3-10(9-21)5-12(13)14(15,16)17/h3-6,8-9H,7H2,1-2H3. The summed E-state index contributed by atoms with van der Waals surface area (Å²) in [4.78, 5) is 12.1. The summed E-state index contributed by atoms with van der Waals surface area (Å²) in [5.74, 6) is 0. The number of anilines is 1. The summed E-state index contributed by atoms with van der Waals surface area (Å²) in [6.45, 7) is 0.289. The Morgan fingerprint density at radius 2 is 2.10 bits per heavy atom. The van der Waals surface area contributed by atoms with Gasteiger partial charge in [-0.3, -0.25) is 9.48 Å². The first-order chi connectivity index (χ1) is 9.81. The molecule has 21 heavy (non-hydrogen) atoms. The van der Waals surface area contributed by atoms with Crippen LogP contribution in [0.4, 0.5) is 18.9 Å². The molecule has 1 heterocycles. The predicted octanol–water partition coefficient (Wildman–Crippen LogP) is 2.89. The molecule has 0 aliphatic heterocycles. The van der Waals surface area contributed by atoms with Gasteiger partial charge in [0.15, 0.2) is 0 Å². The van der Waals surface area contributed by atoms with E-state index in [9.17, 15) is 18.0 Å². The number of halogens is 3. The monoisotopic (exact) mass is 297 g/mol. The largest absolute Gasteiger partial charge is 0.418 e. The van der Waals surface area contributed by atoms with Crippen molar-refractivity contribution in [1.82, 2.24) is 9.78 Å². The van der Waals surface area contributed by atoms with Crippen molar-refractivity contribution in [2.24, 2.45) is 7.05 Å². The Kier molecular flexibility index (Phi) is 4.02. The molecule has 112 valence electrons. The Morgan fingerprint density at radius 3 is 2.62 bits per heavy atom. The fourth-order valence-corrected chi connectivity index (χ4v) is 2.10. The molecule has 1 aromatic heterocycles. The molecule has 0 bridgehead atoms. The van der Waals surface area contributed by atoms with Crippen LogP contribution in [0.15, 0.2) is 30.6 Å². The van der Waals surface area contributed by atoms with E-state index in [1.54, 1.807) is 31.2 Å². The summed E-state index contributed by atoms with van der Waals surface area (Å²) < 4.78 is 40.9. The van der Waals surface area contributed by atoms with Crippen LogP contribution in [0.5, 0.6) is 0 Å². The molecule has 0 spiro atoms. The lowest BCUT2D eigenvalue weighted by Gasteiger charge is -2.23. The minimum Gasteiger partial charge on any atom is -0.370 e. The third-order valence-corrected chi connectivity index (χ3v) is 3.05. The van der Waals surface area contributed by atoms with E-state index in [2.05, 4.69) is 5.10 Å². The molecule has 0 N–H and O–H groups in total. The topological polar surface area (TPSA) is 38.1 Å². The maximum atomic E-state index is 13.1. The van der Waals surface area contributed by atoms with E-state index < -0.39 is 11.7 Å². The number of carbonyl (C=O) groups excluding carboxylic acids is 1. The fourth-order valence-electron chi connectivity index (χ4n) is 2.10. The molecule has 2 rings (SSSR count). The molecule has 0 atom stereocenters. The molecular formula is C14H14F3N3O. The van der Waals surface area contributed by atoms with Crippen LogP contribution in [-0.4, -0.2) is 23.1 Å². The van der Waals surface area contributed by atoms with Crippen LogP contribution in [0.25, 0.3) is 0 Å². The van der Waals surface area contributed by atoms with Crippen LogP contribution in [0.1, 0.15) is 21.5 Å². The molecule has 0 radical (unpaired) electrons. The molecule has 0 unspecified atom stereocenters. The summed E-state index contributed by atoms with van der Waals surface area (Å²) in [6.07, 6.45) is -0.773. The van der Waals surface area contributed by atoms with Crippen molar-refractivity contribution < 1.29 is 18.0 Å². The molecular weight excluding hydrogens is 283 g/mol. The second kappa shape index (κ2) is 5.59. The number of rotatable bonds is 4. The van der Waals surface area contributed by atoms with Crippen molar-refractivity contribution >= 4 is 12.0 Å². The first-order valence-corrected chi connectivity index (χ1v) is 6.16. The van der Waals surface area contributed by atoms with Crippen LogP contribution in [0, 0.1) is 0 Å². The lowest BCUT2D eigenvalue weighted by molar-refractivity contribution is -0.137. The second-order valence-electron chi connectivity index (χ2n) is 4.77. The predicted molar refractivity (Wildman–Crippen MR) is 72.1 cm³/mol. The number of hydrogen-bond acceptors (Lipinski definition) is 3. The molecule has 0 saturated heterocycles. The van der Waals surface area contributed by atoms with Gasteiger partial charge in [-0.05, 0) is 18.2 Å². The van der Waals surface area contributed by atoms with E-state index >= 15 is 0 Å². The highest BCUT2D eigenvalue weighted by Gasteiger charge is 2.34. The zero-order chi connectivity index (χ0) is 15.6. The number of benzene rings is 1. The number of nitrogens with zero attached hydrogens (tertiary/aromatic N) is 3.